The second kappa shape index (κ2) is 6.88. The SMILES string of the molecule is Cc1ccc([C@@]2(NC(=O)c3c[nH]c(=O)cn3)CCOc3cccnc32)cc1F. The average Bonchev–Trinajstić information content (AvgIpc) is 2.70. The lowest BCUT2D eigenvalue weighted by atomic mass is 9.81. The Kier molecular flexibility index (Phi) is 4.38. The Morgan fingerprint density at radius 3 is 2.93 bits per heavy atom. The van der Waals surface area contributed by atoms with E-state index >= 15 is 0 Å². The van der Waals surface area contributed by atoms with Crippen molar-refractivity contribution in [3.8, 4) is 5.75 Å². The summed E-state index contributed by atoms with van der Waals surface area (Å²) in [6.07, 6.45) is 4.22. The van der Waals surface area contributed by atoms with Crippen LogP contribution in [-0.4, -0.2) is 27.5 Å². The maximum atomic E-state index is 14.4. The van der Waals surface area contributed by atoms with Crippen molar-refractivity contribution < 1.29 is 13.9 Å². The number of aromatic nitrogens is 3. The molecule has 0 radical (unpaired) electrons. The number of fused-ring (bicyclic) bond motifs is 1. The molecule has 1 aromatic carbocycles. The number of hydrogen-bond acceptors (Lipinski definition) is 5. The van der Waals surface area contributed by atoms with Gasteiger partial charge in [0.1, 0.15) is 28.5 Å². The first-order valence-electron chi connectivity index (χ1n) is 8.72. The molecule has 28 heavy (non-hydrogen) atoms. The number of rotatable bonds is 3. The van der Waals surface area contributed by atoms with E-state index in [4.69, 9.17) is 4.74 Å². The van der Waals surface area contributed by atoms with Crippen molar-refractivity contribution in [2.45, 2.75) is 18.9 Å². The molecule has 142 valence electrons. The zero-order chi connectivity index (χ0) is 19.7. The van der Waals surface area contributed by atoms with Gasteiger partial charge in [0, 0.05) is 18.8 Å². The van der Waals surface area contributed by atoms with Gasteiger partial charge in [-0.2, -0.15) is 0 Å². The van der Waals surface area contributed by atoms with Gasteiger partial charge in [-0.3, -0.25) is 14.6 Å². The fraction of sp³-hybridized carbons (Fsp3) is 0.200. The number of ether oxygens (including phenoxy) is 1. The van der Waals surface area contributed by atoms with Crippen molar-refractivity contribution in [2.24, 2.45) is 0 Å². The normalized spacial score (nSPS) is 18.1. The highest BCUT2D eigenvalue weighted by atomic mass is 19.1. The predicted molar refractivity (Wildman–Crippen MR) is 98.6 cm³/mol. The first-order chi connectivity index (χ1) is 13.5. The van der Waals surface area contributed by atoms with E-state index in [0.717, 1.165) is 6.20 Å². The first-order valence-corrected chi connectivity index (χ1v) is 8.72. The van der Waals surface area contributed by atoms with Gasteiger partial charge in [-0.05, 0) is 36.2 Å². The molecule has 0 saturated heterocycles. The lowest BCUT2D eigenvalue weighted by Crippen LogP contribution is -2.50. The highest BCUT2D eigenvalue weighted by Crippen LogP contribution is 2.41. The van der Waals surface area contributed by atoms with Crippen LogP contribution in [0.3, 0.4) is 0 Å². The molecule has 1 amide bonds. The number of aryl methyl sites for hydroxylation is 1. The summed E-state index contributed by atoms with van der Waals surface area (Å²) in [6.45, 7) is 1.98. The lowest BCUT2D eigenvalue weighted by molar-refractivity contribution is 0.0878. The van der Waals surface area contributed by atoms with Gasteiger partial charge < -0.3 is 15.0 Å². The van der Waals surface area contributed by atoms with E-state index in [0.29, 0.717) is 35.6 Å². The molecule has 2 aromatic heterocycles. The number of nitrogens with one attached hydrogen (secondary N) is 2. The molecule has 3 aromatic rings. The molecular weight excluding hydrogens is 363 g/mol. The number of H-pyrrole nitrogens is 1. The molecule has 1 aliphatic heterocycles. The fourth-order valence-electron chi connectivity index (χ4n) is 3.32. The predicted octanol–water partition coefficient (Wildman–Crippen LogP) is 2.07. The number of nitrogens with zero attached hydrogens (tertiary/aromatic N) is 2. The Hall–Kier alpha value is -3.55. The summed E-state index contributed by atoms with van der Waals surface area (Å²) in [4.78, 5) is 34.9. The highest BCUT2D eigenvalue weighted by molar-refractivity contribution is 5.93. The summed E-state index contributed by atoms with van der Waals surface area (Å²) in [6, 6.07) is 8.32. The van der Waals surface area contributed by atoms with E-state index in [2.05, 4.69) is 20.3 Å². The number of carbonyl (C=O) groups is 1. The Morgan fingerprint density at radius 2 is 2.18 bits per heavy atom. The van der Waals surface area contributed by atoms with E-state index in [1.807, 2.05) is 0 Å². The molecule has 0 unspecified atom stereocenters. The smallest absolute Gasteiger partial charge is 0.272 e. The number of halogens is 1. The molecular formula is C20H17FN4O3. The topological polar surface area (TPSA) is 97.0 Å². The minimum Gasteiger partial charge on any atom is -0.491 e. The van der Waals surface area contributed by atoms with Gasteiger partial charge in [0.2, 0.25) is 0 Å². The Morgan fingerprint density at radius 1 is 1.32 bits per heavy atom. The van der Waals surface area contributed by atoms with Crippen LogP contribution in [0, 0.1) is 12.7 Å². The van der Waals surface area contributed by atoms with Crippen molar-refractivity contribution in [1.82, 2.24) is 20.3 Å². The maximum Gasteiger partial charge on any atom is 0.272 e. The fourth-order valence-corrected chi connectivity index (χ4v) is 3.32. The van der Waals surface area contributed by atoms with E-state index < -0.39 is 17.0 Å². The second-order valence-electron chi connectivity index (χ2n) is 6.57. The number of pyridine rings is 1. The largest absolute Gasteiger partial charge is 0.491 e. The van der Waals surface area contributed by atoms with E-state index in [1.165, 1.54) is 12.3 Å². The van der Waals surface area contributed by atoms with Gasteiger partial charge >= 0.3 is 0 Å². The molecule has 4 rings (SSSR count). The summed E-state index contributed by atoms with van der Waals surface area (Å²) in [7, 11) is 0. The number of benzene rings is 1. The van der Waals surface area contributed by atoms with Crippen LogP contribution in [0.1, 0.15) is 33.7 Å². The van der Waals surface area contributed by atoms with Gasteiger partial charge in [-0.25, -0.2) is 9.37 Å². The van der Waals surface area contributed by atoms with Crippen LogP contribution >= 0.6 is 0 Å². The highest BCUT2D eigenvalue weighted by Gasteiger charge is 2.43. The van der Waals surface area contributed by atoms with Crippen LogP contribution in [0.15, 0.2) is 53.7 Å². The monoisotopic (exact) mass is 380 g/mol. The third-order valence-corrected chi connectivity index (χ3v) is 4.81. The summed E-state index contributed by atoms with van der Waals surface area (Å²) in [5.74, 6) is -0.377. The van der Waals surface area contributed by atoms with Crippen LogP contribution in [0.5, 0.6) is 5.75 Å². The van der Waals surface area contributed by atoms with Crippen LogP contribution in [0.25, 0.3) is 0 Å². The molecule has 3 heterocycles. The standard InChI is InChI=1S/C20H17FN4O3/c1-12-4-5-13(9-14(12)21)20(6-8-28-16-3-2-7-22-18(16)20)25-19(27)15-10-24-17(26)11-23-15/h2-5,7,9-11H,6,8H2,1H3,(H,24,26)(H,25,27)/t20-/m0/s1. The molecule has 2 N–H and O–H groups in total. The summed E-state index contributed by atoms with van der Waals surface area (Å²) in [5, 5.41) is 2.95. The molecule has 7 nitrogen and oxygen atoms in total. The Bertz CT molecular complexity index is 1090. The van der Waals surface area contributed by atoms with Crippen molar-refractivity contribution in [2.75, 3.05) is 6.61 Å². The molecule has 0 spiro atoms. The molecule has 0 fully saturated rings. The van der Waals surface area contributed by atoms with Crippen molar-refractivity contribution in [1.29, 1.82) is 0 Å². The Labute approximate surface area is 159 Å². The molecule has 0 saturated carbocycles. The summed E-state index contributed by atoms with van der Waals surface area (Å²) < 4.78 is 20.1. The van der Waals surface area contributed by atoms with Crippen LogP contribution in [-0.2, 0) is 5.54 Å². The van der Waals surface area contributed by atoms with Crippen LogP contribution in [0.2, 0.25) is 0 Å². The third kappa shape index (κ3) is 3.02. The molecule has 1 aliphatic rings. The zero-order valence-corrected chi connectivity index (χ0v) is 15.0. The number of amides is 1. The second-order valence-corrected chi connectivity index (χ2v) is 6.57. The van der Waals surface area contributed by atoms with Gasteiger partial charge in [0.05, 0.1) is 12.8 Å². The van der Waals surface area contributed by atoms with Crippen LogP contribution in [0.4, 0.5) is 4.39 Å². The minimum atomic E-state index is -1.10. The average molecular weight is 380 g/mol. The van der Waals surface area contributed by atoms with Crippen LogP contribution < -0.4 is 15.6 Å². The van der Waals surface area contributed by atoms with Crippen molar-refractivity contribution in [3.05, 3.63) is 87.6 Å². The summed E-state index contributed by atoms with van der Waals surface area (Å²) >= 11 is 0. The maximum absolute atomic E-state index is 14.4. The van der Waals surface area contributed by atoms with E-state index in [-0.39, 0.29) is 11.5 Å². The zero-order valence-electron chi connectivity index (χ0n) is 15.0. The van der Waals surface area contributed by atoms with Crippen molar-refractivity contribution in [3.63, 3.8) is 0 Å². The van der Waals surface area contributed by atoms with Gasteiger partial charge in [-0.15, -0.1) is 0 Å². The molecule has 0 aliphatic carbocycles. The van der Waals surface area contributed by atoms with Gasteiger partial charge in [-0.1, -0.05) is 12.1 Å². The van der Waals surface area contributed by atoms with Gasteiger partial charge in [0.15, 0.2) is 0 Å². The lowest BCUT2D eigenvalue weighted by Gasteiger charge is -2.38. The van der Waals surface area contributed by atoms with Crippen molar-refractivity contribution >= 4 is 5.91 Å². The van der Waals surface area contributed by atoms with E-state index in [9.17, 15) is 14.0 Å². The van der Waals surface area contributed by atoms with E-state index in [1.54, 1.807) is 37.4 Å². The first kappa shape index (κ1) is 17.8. The number of aromatic amines is 1. The minimum absolute atomic E-state index is 0.0375. The summed E-state index contributed by atoms with van der Waals surface area (Å²) in [5.41, 5.74) is 0.0679. The Balaban J connectivity index is 1.85. The number of hydrogen-bond donors (Lipinski definition) is 2. The molecule has 1 atom stereocenters. The number of carbonyl (C=O) groups excluding carboxylic acids is 1. The quantitative estimate of drug-likeness (QED) is 0.725. The molecule has 8 heteroatoms. The third-order valence-electron chi connectivity index (χ3n) is 4.81. The molecule has 0 bridgehead atoms. The van der Waals surface area contributed by atoms with Gasteiger partial charge in [0.25, 0.3) is 11.5 Å².